The molecule has 2 saturated heterocycles. The Morgan fingerprint density at radius 1 is 1.19 bits per heavy atom. The molecule has 36 heavy (non-hydrogen) atoms. The number of aliphatic hydroxyl groups excluding tert-OH is 1. The van der Waals surface area contributed by atoms with Crippen LogP contribution in [0.3, 0.4) is 0 Å². The third kappa shape index (κ3) is 5.40. The first kappa shape index (κ1) is 24.7. The van der Waals surface area contributed by atoms with Gasteiger partial charge in [-0.25, -0.2) is 0 Å². The molecule has 3 N–H and O–H groups in total. The van der Waals surface area contributed by atoms with Gasteiger partial charge < -0.3 is 30.0 Å². The molecule has 2 bridgehead atoms. The lowest BCUT2D eigenvalue weighted by molar-refractivity contribution is -0.148. The summed E-state index contributed by atoms with van der Waals surface area (Å²) in [4.78, 5) is 26.1. The smallest absolute Gasteiger partial charge is 0.230 e. The Hall–Kier alpha value is -2.94. The van der Waals surface area contributed by atoms with Crippen molar-refractivity contribution in [2.75, 3.05) is 25.1 Å². The zero-order valence-corrected chi connectivity index (χ0v) is 20.5. The number of ether oxygens (including phenoxy) is 3. The molecule has 3 aliphatic rings. The monoisotopic (exact) mass is 494 g/mol. The topological polar surface area (TPSA) is 106 Å². The van der Waals surface area contributed by atoms with Gasteiger partial charge >= 0.3 is 0 Å². The molecule has 8 nitrogen and oxygen atoms in total. The zero-order chi connectivity index (χ0) is 25.1. The van der Waals surface area contributed by atoms with E-state index >= 15 is 0 Å². The normalized spacial score (nSPS) is 26.8. The van der Waals surface area contributed by atoms with E-state index in [-0.39, 0.29) is 42.9 Å². The third-order valence-electron chi connectivity index (χ3n) is 7.43. The van der Waals surface area contributed by atoms with E-state index < -0.39 is 18.1 Å². The standard InChI is InChI=1S/C28H34N2O6/c1-17(18-5-3-2-4-6-18)29-26(32)15-21-14-23-22-13-19(30-28(33)27(23)25(16-31)36-21)7-8-24(22)35-20-9-11-34-12-10-20/h2-8,13,17,20-21,23,25,27,31H,9-12,14-16H2,1H3,(H,29,32)(H,30,33)/t17-,21-,23-,25+,27+/m1/s1. The molecule has 0 unspecified atom stereocenters. The van der Waals surface area contributed by atoms with E-state index in [0.717, 1.165) is 29.7 Å². The quantitative estimate of drug-likeness (QED) is 0.545. The van der Waals surface area contributed by atoms with E-state index in [0.29, 0.717) is 25.3 Å². The summed E-state index contributed by atoms with van der Waals surface area (Å²) in [5, 5.41) is 16.2. The maximum atomic E-state index is 13.2. The van der Waals surface area contributed by atoms with Crippen molar-refractivity contribution < 1.29 is 28.9 Å². The highest BCUT2D eigenvalue weighted by Crippen LogP contribution is 2.46. The number of fused-ring (bicyclic) bond motifs is 4. The highest BCUT2D eigenvalue weighted by molar-refractivity contribution is 5.95. The molecule has 5 rings (SSSR count). The van der Waals surface area contributed by atoms with Gasteiger partial charge in [0, 0.05) is 30.0 Å². The van der Waals surface area contributed by atoms with Gasteiger partial charge in [0.05, 0.1) is 50.4 Å². The van der Waals surface area contributed by atoms with Crippen LogP contribution in [0.1, 0.15) is 55.7 Å². The fourth-order valence-electron chi connectivity index (χ4n) is 5.59. The van der Waals surface area contributed by atoms with Gasteiger partial charge in [0.1, 0.15) is 11.9 Å². The lowest BCUT2D eigenvalue weighted by atomic mass is 9.76. The molecular weight excluding hydrogens is 460 g/mol. The zero-order valence-electron chi connectivity index (χ0n) is 20.5. The second kappa shape index (κ2) is 11.0. The first-order valence-electron chi connectivity index (χ1n) is 12.8. The van der Waals surface area contributed by atoms with E-state index in [9.17, 15) is 14.7 Å². The van der Waals surface area contributed by atoms with E-state index in [1.807, 2.05) is 55.5 Å². The second-order valence-electron chi connectivity index (χ2n) is 9.92. The molecule has 2 fully saturated rings. The molecular formula is C28H34N2O6. The summed E-state index contributed by atoms with van der Waals surface area (Å²) >= 11 is 0. The molecule has 3 heterocycles. The van der Waals surface area contributed by atoms with Crippen LogP contribution in [0.2, 0.25) is 0 Å². The summed E-state index contributed by atoms with van der Waals surface area (Å²) in [5.41, 5.74) is 2.65. The molecule has 2 aromatic carbocycles. The number of carbonyl (C=O) groups is 2. The van der Waals surface area contributed by atoms with E-state index in [4.69, 9.17) is 14.2 Å². The Kier molecular flexibility index (Phi) is 7.55. The van der Waals surface area contributed by atoms with Gasteiger partial charge in [-0.2, -0.15) is 0 Å². The minimum atomic E-state index is -0.710. The fraction of sp³-hybridized carbons (Fsp3) is 0.500. The molecule has 0 saturated carbocycles. The Balaban J connectivity index is 1.35. The average molecular weight is 495 g/mol. The van der Waals surface area contributed by atoms with Crippen molar-refractivity contribution in [2.24, 2.45) is 5.92 Å². The SMILES string of the molecule is C[C@@H](NC(=O)C[C@H]1C[C@@H]2c3cc(ccc3OC3CCOCC3)NC(=O)[C@@H]2[C@H](CO)O1)c1ccccc1. The minimum absolute atomic E-state index is 0.0562. The first-order valence-corrected chi connectivity index (χ1v) is 12.8. The first-order chi connectivity index (χ1) is 17.5. The minimum Gasteiger partial charge on any atom is -0.490 e. The number of nitrogens with one attached hydrogen (secondary N) is 2. The number of amides is 2. The third-order valence-corrected chi connectivity index (χ3v) is 7.43. The molecule has 5 atom stereocenters. The predicted molar refractivity (Wildman–Crippen MR) is 134 cm³/mol. The molecule has 8 heteroatoms. The van der Waals surface area contributed by atoms with Crippen molar-refractivity contribution in [3.8, 4) is 5.75 Å². The van der Waals surface area contributed by atoms with Gasteiger partial charge in [0.15, 0.2) is 0 Å². The van der Waals surface area contributed by atoms with Crippen molar-refractivity contribution in [3.05, 3.63) is 59.7 Å². The van der Waals surface area contributed by atoms with Gasteiger partial charge in [-0.15, -0.1) is 0 Å². The van der Waals surface area contributed by atoms with Gasteiger partial charge in [-0.1, -0.05) is 30.3 Å². The Morgan fingerprint density at radius 2 is 1.97 bits per heavy atom. The lowest BCUT2D eigenvalue weighted by Gasteiger charge is -2.40. The maximum Gasteiger partial charge on any atom is 0.230 e. The van der Waals surface area contributed by atoms with Crippen LogP contribution in [-0.2, 0) is 19.1 Å². The van der Waals surface area contributed by atoms with Crippen molar-refractivity contribution in [1.82, 2.24) is 5.32 Å². The van der Waals surface area contributed by atoms with Crippen LogP contribution in [0.4, 0.5) is 5.69 Å². The van der Waals surface area contributed by atoms with Crippen LogP contribution in [0, 0.1) is 5.92 Å². The van der Waals surface area contributed by atoms with Gasteiger partial charge in [-0.05, 0) is 37.1 Å². The second-order valence-corrected chi connectivity index (χ2v) is 9.92. The lowest BCUT2D eigenvalue weighted by Crippen LogP contribution is -2.48. The summed E-state index contributed by atoms with van der Waals surface area (Å²) in [6.45, 7) is 2.98. The molecule has 192 valence electrons. The molecule has 2 amide bonds. The predicted octanol–water partition coefficient (Wildman–Crippen LogP) is 3.31. The van der Waals surface area contributed by atoms with Crippen molar-refractivity contribution in [1.29, 1.82) is 0 Å². The van der Waals surface area contributed by atoms with Crippen LogP contribution in [0.5, 0.6) is 5.75 Å². The molecule has 2 aromatic rings. The highest BCUT2D eigenvalue weighted by Gasteiger charge is 2.46. The van der Waals surface area contributed by atoms with Crippen LogP contribution >= 0.6 is 0 Å². The molecule has 0 radical (unpaired) electrons. The maximum absolute atomic E-state index is 13.2. The molecule has 0 spiro atoms. The van der Waals surface area contributed by atoms with Crippen molar-refractivity contribution >= 4 is 17.5 Å². The van der Waals surface area contributed by atoms with Gasteiger partial charge in [0.25, 0.3) is 0 Å². The summed E-state index contributed by atoms with van der Waals surface area (Å²) in [7, 11) is 0. The van der Waals surface area contributed by atoms with Gasteiger partial charge in [0.2, 0.25) is 11.8 Å². The van der Waals surface area contributed by atoms with E-state index in [2.05, 4.69) is 10.6 Å². The molecule has 0 aliphatic carbocycles. The van der Waals surface area contributed by atoms with E-state index in [1.165, 1.54) is 0 Å². The number of anilines is 1. The summed E-state index contributed by atoms with van der Waals surface area (Å²) in [5.74, 6) is -0.376. The number of hydrogen-bond donors (Lipinski definition) is 3. The van der Waals surface area contributed by atoms with Crippen molar-refractivity contribution in [3.63, 3.8) is 0 Å². The van der Waals surface area contributed by atoms with Crippen molar-refractivity contribution in [2.45, 2.75) is 62.9 Å². The molecule has 3 aliphatic heterocycles. The summed E-state index contributed by atoms with van der Waals surface area (Å²) < 4.78 is 18.0. The van der Waals surface area contributed by atoms with Crippen LogP contribution in [-0.4, -0.2) is 55.1 Å². The van der Waals surface area contributed by atoms with Crippen LogP contribution in [0.15, 0.2) is 48.5 Å². The van der Waals surface area contributed by atoms with Crippen LogP contribution in [0.25, 0.3) is 0 Å². The number of aliphatic hydroxyl groups is 1. The van der Waals surface area contributed by atoms with E-state index in [1.54, 1.807) is 0 Å². The number of benzene rings is 2. The Labute approximate surface area is 211 Å². The number of hydrogen-bond acceptors (Lipinski definition) is 6. The van der Waals surface area contributed by atoms with Gasteiger partial charge in [-0.3, -0.25) is 9.59 Å². The Morgan fingerprint density at radius 3 is 2.72 bits per heavy atom. The number of rotatable bonds is 7. The van der Waals surface area contributed by atoms with Crippen LogP contribution < -0.4 is 15.4 Å². The fourth-order valence-corrected chi connectivity index (χ4v) is 5.59. The largest absolute Gasteiger partial charge is 0.490 e. The Bertz CT molecular complexity index is 1070. The summed E-state index contributed by atoms with van der Waals surface area (Å²) in [6.07, 6.45) is 1.17. The highest BCUT2D eigenvalue weighted by atomic mass is 16.5. The summed E-state index contributed by atoms with van der Waals surface area (Å²) in [6, 6.07) is 15.4. The average Bonchev–Trinajstić information content (AvgIpc) is 3.00. The number of carbonyl (C=O) groups excluding carboxylic acids is 2. The molecule has 0 aromatic heterocycles.